The number of anilines is 2. The highest BCUT2D eigenvalue weighted by molar-refractivity contribution is 6.30. The molecule has 7 heteroatoms. The van der Waals surface area contributed by atoms with E-state index in [2.05, 4.69) is 49.6 Å². The molecular formula is C23H22ClN5O. The van der Waals surface area contributed by atoms with Gasteiger partial charge in [0.1, 0.15) is 23.2 Å². The van der Waals surface area contributed by atoms with Crippen LogP contribution in [0.15, 0.2) is 59.4 Å². The number of fused-ring (bicyclic) bond motifs is 2. The maximum Gasteiger partial charge on any atom is 0.263 e. The number of nitrogens with zero attached hydrogens (tertiary/aromatic N) is 4. The second-order valence-electron chi connectivity index (χ2n) is 7.44. The average Bonchev–Trinajstić information content (AvgIpc) is 3.22. The van der Waals surface area contributed by atoms with Crippen LogP contribution < -0.4 is 10.2 Å². The second-order valence-corrected chi connectivity index (χ2v) is 7.88. The van der Waals surface area contributed by atoms with Crippen molar-refractivity contribution in [2.45, 2.75) is 19.3 Å². The van der Waals surface area contributed by atoms with Gasteiger partial charge in [0.05, 0.1) is 0 Å². The van der Waals surface area contributed by atoms with Crippen molar-refractivity contribution in [2.24, 2.45) is 0 Å². The number of benzene rings is 2. The lowest BCUT2D eigenvalue weighted by Gasteiger charge is -2.31. The first-order valence-electron chi connectivity index (χ1n) is 10.2. The van der Waals surface area contributed by atoms with Gasteiger partial charge in [-0.25, -0.2) is 4.98 Å². The summed E-state index contributed by atoms with van der Waals surface area (Å²) in [7, 11) is 0. The van der Waals surface area contributed by atoms with Crippen molar-refractivity contribution >= 4 is 34.2 Å². The molecule has 1 aliphatic heterocycles. The number of hydrogen-bond donors (Lipinski definition) is 1. The highest BCUT2D eigenvalue weighted by Crippen LogP contribution is 2.32. The Balaban J connectivity index is 1.30. The van der Waals surface area contributed by atoms with Gasteiger partial charge < -0.3 is 14.7 Å². The predicted molar refractivity (Wildman–Crippen MR) is 120 cm³/mol. The molecule has 0 amide bonds. The maximum absolute atomic E-state index is 6.02. The fraction of sp³-hybridized carbons (Fsp3) is 0.261. The van der Waals surface area contributed by atoms with Crippen molar-refractivity contribution in [3.63, 3.8) is 0 Å². The SMILES string of the molecule is Clc1ccc(-c2noc3ncnc(NCCCN4CCCc5ccccc54)c23)cc1. The van der Waals surface area contributed by atoms with Gasteiger partial charge in [-0.2, -0.15) is 4.98 Å². The number of hydrogen-bond acceptors (Lipinski definition) is 6. The van der Waals surface area contributed by atoms with Gasteiger partial charge in [0.2, 0.25) is 0 Å². The summed E-state index contributed by atoms with van der Waals surface area (Å²) in [5, 5.41) is 9.14. The molecule has 0 bridgehead atoms. The molecule has 6 nitrogen and oxygen atoms in total. The fourth-order valence-corrected chi connectivity index (χ4v) is 4.17. The summed E-state index contributed by atoms with van der Waals surface area (Å²) in [4.78, 5) is 11.1. The summed E-state index contributed by atoms with van der Waals surface area (Å²) in [5.74, 6) is 0.741. The van der Waals surface area contributed by atoms with Crippen molar-refractivity contribution in [1.82, 2.24) is 15.1 Å². The van der Waals surface area contributed by atoms with E-state index >= 15 is 0 Å². The molecule has 3 heterocycles. The lowest BCUT2D eigenvalue weighted by atomic mass is 10.0. The van der Waals surface area contributed by atoms with Crippen molar-refractivity contribution in [1.29, 1.82) is 0 Å². The van der Waals surface area contributed by atoms with Gasteiger partial charge in [0, 0.05) is 35.9 Å². The minimum Gasteiger partial charge on any atom is -0.371 e. The zero-order chi connectivity index (χ0) is 20.3. The van der Waals surface area contributed by atoms with Gasteiger partial charge in [-0.1, -0.05) is 47.1 Å². The first-order valence-corrected chi connectivity index (χ1v) is 10.6. The molecule has 0 saturated heterocycles. The molecular weight excluding hydrogens is 398 g/mol. The normalized spacial score (nSPS) is 13.4. The van der Waals surface area contributed by atoms with E-state index in [1.54, 1.807) is 0 Å². The van der Waals surface area contributed by atoms with E-state index in [1.807, 2.05) is 24.3 Å². The molecule has 0 unspecified atom stereocenters. The molecule has 2 aromatic carbocycles. The third-order valence-electron chi connectivity index (χ3n) is 5.49. The lowest BCUT2D eigenvalue weighted by Crippen LogP contribution is -2.31. The Morgan fingerprint density at radius 2 is 1.93 bits per heavy atom. The van der Waals surface area contributed by atoms with E-state index in [0.29, 0.717) is 10.7 Å². The van der Waals surface area contributed by atoms with Gasteiger partial charge in [-0.3, -0.25) is 0 Å². The van der Waals surface area contributed by atoms with E-state index in [9.17, 15) is 0 Å². The number of nitrogens with one attached hydrogen (secondary N) is 1. The monoisotopic (exact) mass is 419 g/mol. The largest absolute Gasteiger partial charge is 0.371 e. The van der Waals surface area contributed by atoms with Crippen LogP contribution >= 0.6 is 11.6 Å². The van der Waals surface area contributed by atoms with Gasteiger partial charge in [0.15, 0.2) is 0 Å². The molecule has 152 valence electrons. The first-order chi connectivity index (χ1) is 14.8. The molecule has 1 N–H and O–H groups in total. The van der Waals surface area contributed by atoms with Crippen molar-refractivity contribution < 1.29 is 4.52 Å². The fourth-order valence-electron chi connectivity index (χ4n) is 4.05. The van der Waals surface area contributed by atoms with Gasteiger partial charge >= 0.3 is 0 Å². The standard InChI is InChI=1S/C23H22ClN5O/c24-18-10-8-17(9-11-18)21-20-22(26-15-27-23(20)30-28-21)25-12-4-14-29-13-3-6-16-5-1-2-7-19(16)29/h1-2,5,7-11,15H,3-4,6,12-14H2,(H,25,26,27). The number of aromatic nitrogens is 3. The average molecular weight is 420 g/mol. The summed E-state index contributed by atoms with van der Waals surface area (Å²) < 4.78 is 5.43. The van der Waals surface area contributed by atoms with Crippen LogP contribution in [0.2, 0.25) is 5.02 Å². The number of rotatable bonds is 6. The minimum absolute atomic E-state index is 0.474. The summed E-state index contributed by atoms with van der Waals surface area (Å²) in [6.45, 7) is 2.92. The summed E-state index contributed by atoms with van der Waals surface area (Å²) >= 11 is 6.02. The minimum atomic E-state index is 0.474. The molecule has 0 saturated carbocycles. The molecule has 1 aliphatic rings. The van der Waals surface area contributed by atoms with E-state index in [0.717, 1.165) is 48.5 Å². The van der Waals surface area contributed by atoms with E-state index < -0.39 is 0 Å². The number of aryl methyl sites for hydroxylation is 1. The Labute approximate surface area is 179 Å². The summed E-state index contributed by atoms with van der Waals surface area (Å²) in [6, 6.07) is 16.2. The molecule has 0 fully saturated rings. The molecule has 0 radical (unpaired) electrons. The molecule has 0 atom stereocenters. The van der Waals surface area contributed by atoms with Crippen LogP contribution in [0.3, 0.4) is 0 Å². The summed E-state index contributed by atoms with van der Waals surface area (Å²) in [6.07, 6.45) is 4.89. The Hall–Kier alpha value is -3.12. The van der Waals surface area contributed by atoms with Crippen LogP contribution in [0, 0.1) is 0 Å². The van der Waals surface area contributed by atoms with Crippen LogP contribution in [-0.4, -0.2) is 34.8 Å². The Kier molecular flexibility index (Phi) is 5.24. The Morgan fingerprint density at radius 3 is 2.83 bits per heavy atom. The van der Waals surface area contributed by atoms with Crippen LogP contribution in [0.5, 0.6) is 0 Å². The molecule has 30 heavy (non-hydrogen) atoms. The van der Waals surface area contributed by atoms with Crippen LogP contribution in [-0.2, 0) is 6.42 Å². The third-order valence-corrected chi connectivity index (χ3v) is 5.75. The Bertz CT molecular complexity index is 1160. The smallest absolute Gasteiger partial charge is 0.263 e. The highest BCUT2D eigenvalue weighted by Gasteiger charge is 2.18. The zero-order valence-corrected chi connectivity index (χ0v) is 17.3. The third kappa shape index (κ3) is 3.71. The summed E-state index contributed by atoms with van der Waals surface area (Å²) in [5.41, 5.74) is 4.93. The second kappa shape index (κ2) is 8.32. The molecule has 0 spiro atoms. The van der Waals surface area contributed by atoms with Crippen molar-refractivity contribution in [2.75, 3.05) is 29.9 Å². The van der Waals surface area contributed by atoms with Gasteiger partial charge in [-0.05, 0) is 43.0 Å². The zero-order valence-electron chi connectivity index (χ0n) is 16.5. The number of halogens is 1. The van der Waals surface area contributed by atoms with E-state index in [1.165, 1.54) is 30.4 Å². The van der Waals surface area contributed by atoms with Crippen molar-refractivity contribution in [3.8, 4) is 11.3 Å². The Morgan fingerprint density at radius 1 is 1.07 bits per heavy atom. The molecule has 0 aliphatic carbocycles. The van der Waals surface area contributed by atoms with E-state index in [4.69, 9.17) is 16.1 Å². The van der Waals surface area contributed by atoms with Crippen LogP contribution in [0.4, 0.5) is 11.5 Å². The van der Waals surface area contributed by atoms with Gasteiger partial charge in [0.25, 0.3) is 5.71 Å². The molecule has 4 aromatic rings. The number of para-hydroxylation sites is 1. The highest BCUT2D eigenvalue weighted by atomic mass is 35.5. The van der Waals surface area contributed by atoms with Crippen LogP contribution in [0.25, 0.3) is 22.4 Å². The maximum atomic E-state index is 6.02. The molecule has 5 rings (SSSR count). The first kappa shape index (κ1) is 18.9. The quantitative estimate of drug-likeness (QED) is 0.433. The van der Waals surface area contributed by atoms with Crippen molar-refractivity contribution in [3.05, 3.63) is 65.4 Å². The topological polar surface area (TPSA) is 67.1 Å². The lowest BCUT2D eigenvalue weighted by molar-refractivity contribution is 0.451. The van der Waals surface area contributed by atoms with E-state index in [-0.39, 0.29) is 0 Å². The molecule has 2 aromatic heterocycles. The predicted octanol–water partition coefficient (Wildman–Crippen LogP) is 5.19. The van der Waals surface area contributed by atoms with Crippen LogP contribution in [0.1, 0.15) is 18.4 Å². The van der Waals surface area contributed by atoms with Gasteiger partial charge in [-0.15, -0.1) is 0 Å².